The van der Waals surface area contributed by atoms with Crippen molar-refractivity contribution in [2.24, 2.45) is 0 Å². The quantitative estimate of drug-likeness (QED) is 0.363. The largest absolute Gasteiger partial charge is 0.457 e. The van der Waals surface area contributed by atoms with Gasteiger partial charge < -0.3 is 15.1 Å². The second-order valence-electron chi connectivity index (χ2n) is 6.68. The number of furan rings is 1. The third kappa shape index (κ3) is 5.45. The number of hydrogen-bond acceptors (Lipinski definition) is 6. The maximum Gasteiger partial charge on any atom is 0.315 e. The van der Waals surface area contributed by atoms with Gasteiger partial charge in [0, 0.05) is 18.1 Å². The van der Waals surface area contributed by atoms with Gasteiger partial charge in [-0.1, -0.05) is 30.3 Å². The van der Waals surface area contributed by atoms with Gasteiger partial charge in [0.2, 0.25) is 0 Å². The van der Waals surface area contributed by atoms with Gasteiger partial charge in [-0.15, -0.1) is 11.3 Å². The molecule has 0 bridgehead atoms. The number of fused-ring (bicyclic) bond motifs is 1. The van der Waals surface area contributed by atoms with Crippen molar-refractivity contribution in [2.45, 2.75) is 12.3 Å². The van der Waals surface area contributed by atoms with E-state index in [1.54, 1.807) is 23.1 Å². The number of aromatic nitrogens is 1. The van der Waals surface area contributed by atoms with Crippen LogP contribution in [-0.4, -0.2) is 23.3 Å². The van der Waals surface area contributed by atoms with Gasteiger partial charge in [0.15, 0.2) is 10.8 Å². The summed E-state index contributed by atoms with van der Waals surface area (Å²) < 4.78 is 6.95. The number of nitrogens with one attached hydrogen (secondary N) is 2. The van der Waals surface area contributed by atoms with E-state index in [2.05, 4.69) is 21.7 Å². The Labute approximate surface area is 188 Å². The summed E-state index contributed by atoms with van der Waals surface area (Å²) in [7, 11) is 0. The Morgan fingerprint density at radius 1 is 1.10 bits per heavy atom. The number of rotatable bonds is 8. The third-order valence-corrected chi connectivity index (χ3v) is 6.58. The molecule has 0 atom stereocenters. The molecule has 2 N–H and O–H groups in total. The van der Waals surface area contributed by atoms with Crippen LogP contribution in [0, 0.1) is 11.3 Å². The minimum absolute atomic E-state index is 0.240. The van der Waals surface area contributed by atoms with Gasteiger partial charge in [-0.25, -0.2) is 9.78 Å². The van der Waals surface area contributed by atoms with Gasteiger partial charge in [-0.2, -0.15) is 17.0 Å². The van der Waals surface area contributed by atoms with E-state index < -0.39 is 0 Å². The molecule has 8 heteroatoms. The van der Waals surface area contributed by atoms with E-state index in [0.717, 1.165) is 32.3 Å². The van der Waals surface area contributed by atoms with Gasteiger partial charge in [0.05, 0.1) is 28.4 Å². The van der Waals surface area contributed by atoms with Crippen LogP contribution in [0.1, 0.15) is 16.9 Å². The lowest BCUT2D eigenvalue weighted by Crippen LogP contribution is -2.36. The average Bonchev–Trinajstić information content (AvgIpc) is 3.44. The number of thiazole rings is 1. The van der Waals surface area contributed by atoms with Crippen molar-refractivity contribution in [1.29, 1.82) is 5.26 Å². The molecule has 0 saturated heterocycles. The van der Waals surface area contributed by atoms with Gasteiger partial charge in [0.1, 0.15) is 5.76 Å². The minimum atomic E-state index is -0.240. The molecule has 0 aliphatic heterocycles. The maximum absolute atomic E-state index is 12.0. The first-order chi connectivity index (χ1) is 15.2. The SMILES string of the molecule is N#Cc1ccccc1CSCCNC(=O)NCc1ccc(-c2nc3ccccc3s2)o1. The second kappa shape index (κ2) is 10.2. The lowest BCUT2D eigenvalue weighted by atomic mass is 10.1. The fourth-order valence-corrected chi connectivity index (χ4v) is 4.76. The summed E-state index contributed by atoms with van der Waals surface area (Å²) in [4.78, 5) is 16.6. The van der Waals surface area contributed by atoms with E-state index in [0.29, 0.717) is 30.2 Å². The van der Waals surface area contributed by atoms with Crippen LogP contribution in [0.4, 0.5) is 4.79 Å². The summed E-state index contributed by atoms with van der Waals surface area (Å²) in [6.07, 6.45) is 0. The number of nitriles is 1. The Morgan fingerprint density at radius 3 is 2.81 bits per heavy atom. The fraction of sp³-hybridized carbons (Fsp3) is 0.174. The molecular formula is C23H20N4O2S2. The monoisotopic (exact) mass is 448 g/mol. The highest BCUT2D eigenvalue weighted by Gasteiger charge is 2.11. The molecule has 2 aromatic heterocycles. The highest BCUT2D eigenvalue weighted by atomic mass is 32.2. The van der Waals surface area contributed by atoms with E-state index in [1.807, 2.05) is 60.7 Å². The zero-order valence-electron chi connectivity index (χ0n) is 16.6. The molecule has 4 rings (SSSR count). The zero-order chi connectivity index (χ0) is 21.5. The smallest absolute Gasteiger partial charge is 0.315 e. The molecule has 0 fully saturated rings. The molecule has 0 radical (unpaired) electrons. The van der Waals surface area contributed by atoms with E-state index in [9.17, 15) is 4.79 Å². The molecule has 2 aromatic carbocycles. The van der Waals surface area contributed by atoms with Gasteiger partial charge in [0.25, 0.3) is 0 Å². The Balaban J connectivity index is 1.19. The summed E-state index contributed by atoms with van der Waals surface area (Å²) in [5, 5.41) is 15.6. The van der Waals surface area contributed by atoms with Crippen molar-refractivity contribution in [3.63, 3.8) is 0 Å². The molecule has 6 nitrogen and oxygen atoms in total. The number of carbonyl (C=O) groups is 1. The average molecular weight is 449 g/mol. The Bertz CT molecular complexity index is 1190. The Morgan fingerprint density at radius 2 is 1.94 bits per heavy atom. The summed E-state index contributed by atoms with van der Waals surface area (Å²) >= 11 is 3.26. The van der Waals surface area contributed by atoms with Crippen LogP contribution in [0.3, 0.4) is 0 Å². The Kier molecular flexibility index (Phi) is 6.87. The molecule has 4 aromatic rings. The zero-order valence-corrected chi connectivity index (χ0v) is 18.3. The van der Waals surface area contributed by atoms with Crippen LogP contribution in [0.2, 0.25) is 0 Å². The van der Waals surface area contributed by atoms with Crippen LogP contribution in [0.15, 0.2) is 65.1 Å². The molecule has 2 heterocycles. The number of hydrogen-bond donors (Lipinski definition) is 2. The predicted octanol–water partition coefficient (Wildman–Crippen LogP) is 5.16. The number of thioether (sulfide) groups is 1. The molecule has 0 aliphatic carbocycles. The van der Waals surface area contributed by atoms with Crippen molar-refractivity contribution >= 4 is 39.3 Å². The molecular weight excluding hydrogens is 428 g/mol. The molecule has 0 spiro atoms. The summed E-state index contributed by atoms with van der Waals surface area (Å²) in [6.45, 7) is 0.847. The van der Waals surface area contributed by atoms with Crippen LogP contribution in [-0.2, 0) is 12.3 Å². The fourth-order valence-electron chi connectivity index (χ4n) is 2.97. The maximum atomic E-state index is 12.0. The molecule has 2 amide bonds. The van der Waals surface area contributed by atoms with E-state index in [-0.39, 0.29) is 6.03 Å². The van der Waals surface area contributed by atoms with Crippen molar-refractivity contribution in [2.75, 3.05) is 12.3 Å². The van der Waals surface area contributed by atoms with Crippen LogP contribution < -0.4 is 10.6 Å². The topological polar surface area (TPSA) is 91.0 Å². The Hall–Kier alpha value is -3.28. The molecule has 156 valence electrons. The molecule has 0 saturated carbocycles. The van der Waals surface area contributed by atoms with Crippen molar-refractivity contribution in [3.05, 3.63) is 77.6 Å². The van der Waals surface area contributed by atoms with Crippen LogP contribution in [0.5, 0.6) is 0 Å². The predicted molar refractivity (Wildman–Crippen MR) is 125 cm³/mol. The third-order valence-electron chi connectivity index (χ3n) is 4.52. The summed E-state index contributed by atoms with van der Waals surface area (Å²) in [5.74, 6) is 2.88. The number of amides is 2. The second-order valence-corrected chi connectivity index (χ2v) is 8.82. The van der Waals surface area contributed by atoms with Gasteiger partial charge in [-0.05, 0) is 35.9 Å². The lowest BCUT2D eigenvalue weighted by Gasteiger charge is -2.07. The number of benzene rings is 2. The number of carbonyl (C=O) groups excluding carboxylic acids is 1. The molecule has 0 unspecified atom stereocenters. The molecule has 0 aliphatic rings. The minimum Gasteiger partial charge on any atom is -0.457 e. The highest BCUT2D eigenvalue weighted by Crippen LogP contribution is 2.31. The molecule has 31 heavy (non-hydrogen) atoms. The normalized spacial score (nSPS) is 10.7. The van der Waals surface area contributed by atoms with Crippen LogP contribution in [0.25, 0.3) is 21.0 Å². The van der Waals surface area contributed by atoms with E-state index >= 15 is 0 Å². The summed E-state index contributed by atoms with van der Waals surface area (Å²) in [6, 6.07) is 21.2. The van der Waals surface area contributed by atoms with E-state index in [1.165, 1.54) is 0 Å². The van der Waals surface area contributed by atoms with Gasteiger partial charge in [-0.3, -0.25) is 0 Å². The van der Waals surface area contributed by atoms with Crippen molar-refractivity contribution in [3.8, 4) is 16.8 Å². The van der Waals surface area contributed by atoms with Crippen LogP contribution >= 0.6 is 23.1 Å². The number of nitrogens with zero attached hydrogens (tertiary/aromatic N) is 2. The summed E-state index contributed by atoms with van der Waals surface area (Å²) in [5.41, 5.74) is 2.66. The lowest BCUT2D eigenvalue weighted by molar-refractivity contribution is 0.240. The highest BCUT2D eigenvalue weighted by molar-refractivity contribution is 7.98. The standard InChI is InChI=1S/C23H20N4O2S2/c24-13-16-5-1-2-6-17(16)15-30-12-11-25-23(28)26-14-18-9-10-20(29-18)22-27-19-7-3-4-8-21(19)31-22/h1-10H,11-12,14-15H2,(H2,25,26,28). The van der Waals surface area contributed by atoms with E-state index in [4.69, 9.17) is 9.68 Å². The van der Waals surface area contributed by atoms with Gasteiger partial charge >= 0.3 is 6.03 Å². The first-order valence-corrected chi connectivity index (χ1v) is 11.7. The first-order valence-electron chi connectivity index (χ1n) is 9.75. The number of para-hydroxylation sites is 1. The number of urea groups is 1. The first kappa shape index (κ1) is 21.0. The van der Waals surface area contributed by atoms with Crippen molar-refractivity contribution in [1.82, 2.24) is 15.6 Å². The van der Waals surface area contributed by atoms with Crippen molar-refractivity contribution < 1.29 is 9.21 Å².